The Morgan fingerprint density at radius 3 is 1.93 bits per heavy atom. The lowest BCUT2D eigenvalue weighted by Crippen LogP contribution is -2.37. The predicted octanol–water partition coefficient (Wildman–Crippen LogP) is 3.14. The Balaban J connectivity index is 2.07. The number of fused-ring (bicyclic) bond motifs is 1. The SMILES string of the molecule is NC(=S)NN=C1C(=O)C(c2ccccc2)(c2ccccc2)c2ccccc21. The second kappa shape index (κ2) is 6.78. The number of hydrogen-bond donors (Lipinski definition) is 2. The summed E-state index contributed by atoms with van der Waals surface area (Å²) in [5, 5.41) is 4.26. The maximum Gasteiger partial charge on any atom is 0.202 e. The second-order valence-corrected chi connectivity index (χ2v) is 6.73. The summed E-state index contributed by atoms with van der Waals surface area (Å²) in [4.78, 5) is 13.8. The second-order valence-electron chi connectivity index (χ2n) is 6.29. The van der Waals surface area contributed by atoms with E-state index in [1.165, 1.54) is 0 Å². The van der Waals surface area contributed by atoms with Crippen LogP contribution in [0.3, 0.4) is 0 Å². The first-order valence-electron chi connectivity index (χ1n) is 8.54. The highest BCUT2D eigenvalue weighted by atomic mass is 32.1. The van der Waals surface area contributed by atoms with Crippen LogP contribution in [0.4, 0.5) is 0 Å². The largest absolute Gasteiger partial charge is 0.375 e. The Morgan fingerprint density at radius 1 is 0.852 bits per heavy atom. The summed E-state index contributed by atoms with van der Waals surface area (Å²) in [6, 6.07) is 27.3. The monoisotopic (exact) mass is 371 g/mol. The molecule has 1 aliphatic carbocycles. The number of benzene rings is 3. The molecule has 3 aromatic carbocycles. The summed E-state index contributed by atoms with van der Waals surface area (Å²) in [5.74, 6) is -0.107. The van der Waals surface area contributed by atoms with E-state index in [2.05, 4.69) is 10.5 Å². The van der Waals surface area contributed by atoms with E-state index in [1.54, 1.807) is 0 Å². The summed E-state index contributed by atoms with van der Waals surface area (Å²) in [6.45, 7) is 0. The summed E-state index contributed by atoms with van der Waals surface area (Å²) >= 11 is 4.86. The third kappa shape index (κ3) is 2.64. The van der Waals surface area contributed by atoms with Crippen molar-refractivity contribution in [2.45, 2.75) is 5.41 Å². The molecule has 0 aliphatic heterocycles. The summed E-state index contributed by atoms with van der Waals surface area (Å²) in [5.41, 5.74) is 10.9. The molecule has 5 heteroatoms. The molecule has 0 unspecified atom stereocenters. The molecule has 1 aliphatic rings. The van der Waals surface area contributed by atoms with Gasteiger partial charge in [0.2, 0.25) is 5.78 Å². The average Bonchev–Trinajstić information content (AvgIpc) is 2.96. The van der Waals surface area contributed by atoms with Gasteiger partial charge >= 0.3 is 0 Å². The highest BCUT2D eigenvalue weighted by Gasteiger charge is 2.52. The molecule has 0 amide bonds. The molecular weight excluding hydrogens is 354 g/mol. The molecule has 3 N–H and O–H groups in total. The molecule has 27 heavy (non-hydrogen) atoms. The van der Waals surface area contributed by atoms with Crippen molar-refractivity contribution in [2.24, 2.45) is 10.8 Å². The lowest BCUT2D eigenvalue weighted by Gasteiger charge is -2.29. The van der Waals surface area contributed by atoms with E-state index < -0.39 is 5.41 Å². The quantitative estimate of drug-likeness (QED) is 0.548. The minimum absolute atomic E-state index is 0.0182. The number of rotatable bonds is 3. The molecule has 0 aromatic heterocycles. The van der Waals surface area contributed by atoms with Crippen molar-refractivity contribution in [3.05, 3.63) is 107 Å². The Bertz CT molecular complexity index is 1010. The smallest absolute Gasteiger partial charge is 0.202 e. The van der Waals surface area contributed by atoms with Crippen molar-refractivity contribution in [2.75, 3.05) is 0 Å². The van der Waals surface area contributed by atoms with Crippen LogP contribution in [0, 0.1) is 0 Å². The summed E-state index contributed by atoms with van der Waals surface area (Å²) < 4.78 is 0. The molecule has 3 aromatic rings. The number of nitrogens with zero attached hydrogens (tertiary/aromatic N) is 1. The first-order chi connectivity index (χ1) is 13.2. The van der Waals surface area contributed by atoms with Crippen LogP contribution in [-0.2, 0) is 10.2 Å². The van der Waals surface area contributed by atoms with Crippen molar-refractivity contribution in [3.63, 3.8) is 0 Å². The van der Waals surface area contributed by atoms with E-state index >= 15 is 0 Å². The number of hydrazone groups is 1. The van der Waals surface area contributed by atoms with E-state index in [4.69, 9.17) is 18.0 Å². The zero-order valence-corrected chi connectivity index (χ0v) is 15.2. The van der Waals surface area contributed by atoms with Crippen molar-refractivity contribution in [1.29, 1.82) is 0 Å². The van der Waals surface area contributed by atoms with Crippen LogP contribution in [0.1, 0.15) is 22.3 Å². The maximum atomic E-state index is 13.8. The first kappa shape index (κ1) is 17.1. The van der Waals surface area contributed by atoms with Crippen LogP contribution in [-0.4, -0.2) is 16.6 Å². The maximum absolute atomic E-state index is 13.8. The third-order valence-corrected chi connectivity index (χ3v) is 4.92. The molecule has 0 spiro atoms. The minimum Gasteiger partial charge on any atom is -0.375 e. The van der Waals surface area contributed by atoms with E-state index in [0.717, 1.165) is 22.3 Å². The number of carbonyl (C=O) groups excluding carboxylic acids is 1. The van der Waals surface area contributed by atoms with Crippen molar-refractivity contribution >= 4 is 28.8 Å². The van der Waals surface area contributed by atoms with Crippen LogP contribution in [0.25, 0.3) is 0 Å². The van der Waals surface area contributed by atoms with Gasteiger partial charge in [0.1, 0.15) is 11.1 Å². The van der Waals surface area contributed by atoms with Crippen LogP contribution in [0.15, 0.2) is 90.0 Å². The number of hydrogen-bond acceptors (Lipinski definition) is 3. The fourth-order valence-corrected chi connectivity index (χ4v) is 3.82. The average molecular weight is 371 g/mol. The fourth-order valence-electron chi connectivity index (χ4n) is 3.78. The number of carbonyl (C=O) groups is 1. The standard InChI is InChI=1S/C22H17N3OS/c23-21(27)25-24-19-17-13-7-8-14-18(17)22(20(19)26,15-9-3-1-4-10-15)16-11-5-2-6-12-16/h1-14H,(H3,23,25,27). The van der Waals surface area contributed by atoms with Gasteiger partial charge in [-0.15, -0.1) is 0 Å². The summed E-state index contributed by atoms with van der Waals surface area (Å²) in [7, 11) is 0. The van der Waals surface area contributed by atoms with Gasteiger partial charge in [-0.25, -0.2) is 0 Å². The lowest BCUT2D eigenvalue weighted by atomic mass is 9.69. The highest BCUT2D eigenvalue weighted by Crippen LogP contribution is 2.46. The highest BCUT2D eigenvalue weighted by molar-refractivity contribution is 7.80. The lowest BCUT2D eigenvalue weighted by molar-refractivity contribution is -0.115. The van der Waals surface area contributed by atoms with Gasteiger partial charge in [0.15, 0.2) is 5.11 Å². The number of ketones is 1. The van der Waals surface area contributed by atoms with E-state index in [9.17, 15) is 4.79 Å². The van der Waals surface area contributed by atoms with Crippen LogP contribution in [0.5, 0.6) is 0 Å². The summed E-state index contributed by atoms with van der Waals surface area (Å²) in [6.07, 6.45) is 0. The molecule has 132 valence electrons. The van der Waals surface area contributed by atoms with Gasteiger partial charge in [0.25, 0.3) is 0 Å². The molecule has 0 heterocycles. The predicted molar refractivity (Wildman–Crippen MR) is 111 cm³/mol. The van der Waals surface area contributed by atoms with Gasteiger partial charge < -0.3 is 5.73 Å². The van der Waals surface area contributed by atoms with E-state index in [1.807, 2.05) is 84.9 Å². The number of nitrogens with two attached hydrogens (primary N) is 1. The van der Waals surface area contributed by atoms with Gasteiger partial charge in [-0.05, 0) is 28.9 Å². The van der Waals surface area contributed by atoms with Crippen molar-refractivity contribution < 1.29 is 4.79 Å². The Morgan fingerprint density at radius 2 is 1.37 bits per heavy atom. The van der Waals surface area contributed by atoms with E-state index in [-0.39, 0.29) is 10.9 Å². The molecule has 4 rings (SSSR count). The number of Topliss-reactive ketones (excluding diaryl/α,β-unsaturated/α-hetero) is 1. The van der Waals surface area contributed by atoms with Crippen LogP contribution in [0.2, 0.25) is 0 Å². The molecule has 0 fully saturated rings. The molecule has 0 radical (unpaired) electrons. The zero-order valence-electron chi connectivity index (χ0n) is 14.4. The van der Waals surface area contributed by atoms with Crippen LogP contribution >= 0.6 is 12.2 Å². The van der Waals surface area contributed by atoms with Crippen LogP contribution < -0.4 is 11.2 Å². The molecular formula is C22H17N3OS. The Hall–Kier alpha value is -3.31. The van der Waals surface area contributed by atoms with Gasteiger partial charge in [-0.2, -0.15) is 5.10 Å². The fraction of sp³-hybridized carbons (Fsp3) is 0.0455. The van der Waals surface area contributed by atoms with E-state index in [0.29, 0.717) is 5.71 Å². The molecule has 0 atom stereocenters. The third-order valence-electron chi connectivity index (χ3n) is 4.83. The number of nitrogens with one attached hydrogen (secondary N) is 1. The van der Waals surface area contributed by atoms with Gasteiger partial charge in [-0.3, -0.25) is 10.2 Å². The topological polar surface area (TPSA) is 67.5 Å². The Labute approximate surface area is 162 Å². The van der Waals surface area contributed by atoms with Gasteiger partial charge in [-0.1, -0.05) is 84.9 Å². The Kier molecular flexibility index (Phi) is 4.30. The number of thiocarbonyl (C=S) groups is 1. The molecule has 0 saturated heterocycles. The van der Waals surface area contributed by atoms with Gasteiger partial charge in [0, 0.05) is 5.56 Å². The normalized spacial score (nSPS) is 16.1. The molecule has 0 bridgehead atoms. The van der Waals surface area contributed by atoms with Gasteiger partial charge in [0.05, 0.1) is 0 Å². The van der Waals surface area contributed by atoms with Crippen molar-refractivity contribution in [1.82, 2.24) is 5.43 Å². The minimum atomic E-state index is -0.962. The molecule has 0 saturated carbocycles. The zero-order chi connectivity index (χ0) is 18.9. The molecule has 4 nitrogen and oxygen atoms in total. The first-order valence-corrected chi connectivity index (χ1v) is 8.95. The van der Waals surface area contributed by atoms with Crippen molar-refractivity contribution in [3.8, 4) is 0 Å².